The maximum atomic E-state index is 12.2. The number of aryl methyl sites for hydroxylation is 2. The standard InChI is InChI=1S/C14H13N5O/c1-8-10-11(9-6-4-3-5-7-9)18-19(2)13(20)12(10)17-14(15)16-8/h3-7H,1-2H3,(H2,15,16,17). The van der Waals surface area contributed by atoms with Gasteiger partial charge in [-0.15, -0.1) is 0 Å². The second-order valence-electron chi connectivity index (χ2n) is 4.53. The molecule has 3 aromatic rings. The average Bonchev–Trinajstić information content (AvgIpc) is 2.43. The Morgan fingerprint density at radius 3 is 2.55 bits per heavy atom. The Morgan fingerprint density at radius 2 is 1.85 bits per heavy atom. The molecule has 0 amide bonds. The minimum absolute atomic E-state index is 0.0947. The zero-order valence-corrected chi connectivity index (χ0v) is 11.2. The first kappa shape index (κ1) is 12.3. The van der Waals surface area contributed by atoms with Crippen molar-refractivity contribution in [3.05, 3.63) is 46.4 Å². The smallest absolute Gasteiger partial charge is 0.293 e. The Morgan fingerprint density at radius 1 is 1.15 bits per heavy atom. The van der Waals surface area contributed by atoms with Crippen LogP contribution in [-0.2, 0) is 7.05 Å². The molecule has 0 atom stereocenters. The van der Waals surface area contributed by atoms with Gasteiger partial charge in [0.2, 0.25) is 5.95 Å². The highest BCUT2D eigenvalue weighted by molar-refractivity contribution is 5.93. The quantitative estimate of drug-likeness (QED) is 0.717. The van der Waals surface area contributed by atoms with E-state index in [0.717, 1.165) is 5.56 Å². The minimum atomic E-state index is -0.281. The molecule has 0 aliphatic carbocycles. The van der Waals surface area contributed by atoms with Gasteiger partial charge in [-0.25, -0.2) is 14.6 Å². The van der Waals surface area contributed by atoms with Gasteiger partial charge >= 0.3 is 0 Å². The summed E-state index contributed by atoms with van der Waals surface area (Å²) in [5.41, 5.74) is 7.90. The molecule has 0 radical (unpaired) electrons. The first-order valence-electron chi connectivity index (χ1n) is 6.14. The number of benzene rings is 1. The van der Waals surface area contributed by atoms with E-state index in [1.165, 1.54) is 4.68 Å². The maximum absolute atomic E-state index is 12.2. The summed E-state index contributed by atoms with van der Waals surface area (Å²) in [6, 6.07) is 9.63. The van der Waals surface area contributed by atoms with Crippen molar-refractivity contribution in [1.82, 2.24) is 19.7 Å². The number of fused-ring (bicyclic) bond motifs is 1. The van der Waals surface area contributed by atoms with Crippen LogP contribution < -0.4 is 11.3 Å². The van der Waals surface area contributed by atoms with E-state index in [9.17, 15) is 4.79 Å². The van der Waals surface area contributed by atoms with Gasteiger partial charge in [-0.2, -0.15) is 5.10 Å². The monoisotopic (exact) mass is 267 g/mol. The van der Waals surface area contributed by atoms with E-state index in [4.69, 9.17) is 5.73 Å². The average molecular weight is 267 g/mol. The van der Waals surface area contributed by atoms with Gasteiger partial charge in [-0.3, -0.25) is 4.79 Å². The van der Waals surface area contributed by atoms with Crippen LogP contribution in [0.25, 0.3) is 22.2 Å². The number of hydrogen-bond donors (Lipinski definition) is 1. The largest absolute Gasteiger partial charge is 0.368 e. The van der Waals surface area contributed by atoms with Gasteiger partial charge in [0.05, 0.1) is 11.1 Å². The van der Waals surface area contributed by atoms with Gasteiger partial charge in [0.25, 0.3) is 5.56 Å². The predicted molar refractivity (Wildman–Crippen MR) is 77.2 cm³/mol. The van der Waals surface area contributed by atoms with Crippen LogP contribution in [0.1, 0.15) is 5.69 Å². The minimum Gasteiger partial charge on any atom is -0.368 e. The predicted octanol–water partition coefficient (Wildman–Crippen LogP) is 1.28. The SMILES string of the molecule is Cc1nc(N)nc2c(=O)n(C)nc(-c3ccccc3)c12. The van der Waals surface area contributed by atoms with Gasteiger partial charge in [0.1, 0.15) is 11.2 Å². The zero-order chi connectivity index (χ0) is 14.3. The van der Waals surface area contributed by atoms with E-state index < -0.39 is 0 Å². The van der Waals surface area contributed by atoms with E-state index in [2.05, 4.69) is 15.1 Å². The Kier molecular flexibility index (Phi) is 2.71. The van der Waals surface area contributed by atoms with Crippen molar-refractivity contribution < 1.29 is 0 Å². The molecular formula is C14H13N5O. The zero-order valence-electron chi connectivity index (χ0n) is 11.2. The van der Waals surface area contributed by atoms with Crippen LogP contribution in [0.5, 0.6) is 0 Å². The van der Waals surface area contributed by atoms with Crippen molar-refractivity contribution in [3.63, 3.8) is 0 Å². The Bertz CT molecular complexity index is 855. The molecule has 0 spiro atoms. The van der Waals surface area contributed by atoms with E-state index >= 15 is 0 Å². The Hall–Kier alpha value is -2.76. The van der Waals surface area contributed by atoms with Crippen molar-refractivity contribution >= 4 is 16.9 Å². The number of nitrogens with zero attached hydrogens (tertiary/aromatic N) is 4. The summed E-state index contributed by atoms with van der Waals surface area (Å²) in [7, 11) is 1.60. The third kappa shape index (κ3) is 1.82. The first-order valence-corrected chi connectivity index (χ1v) is 6.14. The topological polar surface area (TPSA) is 86.7 Å². The van der Waals surface area contributed by atoms with Crippen molar-refractivity contribution in [2.75, 3.05) is 5.73 Å². The molecule has 1 aromatic carbocycles. The number of nitrogen functional groups attached to an aromatic ring is 1. The van der Waals surface area contributed by atoms with E-state index in [1.807, 2.05) is 30.3 Å². The summed E-state index contributed by atoms with van der Waals surface area (Å²) in [6.45, 7) is 1.80. The Balaban J connectivity index is 2.51. The molecule has 20 heavy (non-hydrogen) atoms. The highest BCUT2D eigenvalue weighted by Crippen LogP contribution is 2.25. The highest BCUT2D eigenvalue weighted by Gasteiger charge is 2.15. The molecule has 6 nitrogen and oxygen atoms in total. The second-order valence-corrected chi connectivity index (χ2v) is 4.53. The molecule has 100 valence electrons. The lowest BCUT2D eigenvalue weighted by molar-refractivity contribution is 0.719. The number of rotatable bonds is 1. The Labute approximate surface area is 114 Å². The van der Waals surface area contributed by atoms with Gasteiger partial charge < -0.3 is 5.73 Å². The number of hydrogen-bond acceptors (Lipinski definition) is 5. The summed E-state index contributed by atoms with van der Waals surface area (Å²) >= 11 is 0. The third-order valence-corrected chi connectivity index (χ3v) is 3.14. The molecule has 0 bridgehead atoms. The van der Waals surface area contributed by atoms with Crippen molar-refractivity contribution in [1.29, 1.82) is 0 Å². The molecule has 0 aliphatic heterocycles. The molecule has 6 heteroatoms. The second kappa shape index (κ2) is 4.41. The van der Waals surface area contributed by atoms with Crippen LogP contribution in [-0.4, -0.2) is 19.7 Å². The molecule has 0 saturated heterocycles. The van der Waals surface area contributed by atoms with Crippen LogP contribution in [0.4, 0.5) is 5.95 Å². The molecular weight excluding hydrogens is 254 g/mol. The summed E-state index contributed by atoms with van der Waals surface area (Å²) in [5.74, 6) is 0.0947. The fourth-order valence-electron chi connectivity index (χ4n) is 2.23. The molecule has 0 unspecified atom stereocenters. The summed E-state index contributed by atoms with van der Waals surface area (Å²) in [5, 5.41) is 4.99. The lowest BCUT2D eigenvalue weighted by Crippen LogP contribution is -2.22. The maximum Gasteiger partial charge on any atom is 0.293 e. The summed E-state index contributed by atoms with van der Waals surface area (Å²) in [4.78, 5) is 20.4. The third-order valence-electron chi connectivity index (χ3n) is 3.14. The van der Waals surface area contributed by atoms with Gasteiger partial charge in [-0.05, 0) is 6.92 Å². The van der Waals surface area contributed by atoms with Crippen molar-refractivity contribution in [2.45, 2.75) is 6.92 Å². The van der Waals surface area contributed by atoms with Crippen LogP contribution in [0.3, 0.4) is 0 Å². The highest BCUT2D eigenvalue weighted by atomic mass is 16.1. The van der Waals surface area contributed by atoms with Gasteiger partial charge in [0, 0.05) is 12.6 Å². The summed E-state index contributed by atoms with van der Waals surface area (Å²) < 4.78 is 1.27. The van der Waals surface area contributed by atoms with Gasteiger partial charge in [-0.1, -0.05) is 30.3 Å². The van der Waals surface area contributed by atoms with Crippen molar-refractivity contribution in [3.8, 4) is 11.3 Å². The molecule has 2 N–H and O–H groups in total. The van der Waals surface area contributed by atoms with Crippen molar-refractivity contribution in [2.24, 2.45) is 7.05 Å². The molecule has 0 saturated carbocycles. The fourth-order valence-corrected chi connectivity index (χ4v) is 2.23. The van der Waals surface area contributed by atoms with Crippen LogP contribution in [0.15, 0.2) is 35.1 Å². The molecule has 0 fully saturated rings. The van der Waals surface area contributed by atoms with E-state index in [-0.39, 0.29) is 11.5 Å². The fraction of sp³-hybridized carbons (Fsp3) is 0.143. The lowest BCUT2D eigenvalue weighted by Gasteiger charge is -2.09. The van der Waals surface area contributed by atoms with Crippen LogP contribution in [0.2, 0.25) is 0 Å². The molecule has 3 rings (SSSR count). The van der Waals surface area contributed by atoms with Crippen LogP contribution >= 0.6 is 0 Å². The summed E-state index contributed by atoms with van der Waals surface area (Å²) in [6.07, 6.45) is 0. The van der Waals surface area contributed by atoms with Crippen LogP contribution in [0, 0.1) is 6.92 Å². The molecule has 0 aliphatic rings. The normalized spacial score (nSPS) is 10.9. The number of anilines is 1. The lowest BCUT2D eigenvalue weighted by atomic mass is 10.1. The molecule has 2 heterocycles. The van der Waals surface area contributed by atoms with E-state index in [0.29, 0.717) is 22.3 Å². The van der Waals surface area contributed by atoms with E-state index in [1.54, 1.807) is 14.0 Å². The van der Waals surface area contributed by atoms with Gasteiger partial charge in [0.15, 0.2) is 0 Å². The molecule has 2 aromatic heterocycles. The number of nitrogens with two attached hydrogens (primary N) is 1. The number of aromatic nitrogens is 4. The first-order chi connectivity index (χ1) is 9.58.